The number of fused-ring (bicyclic) bond motifs is 1. The third kappa shape index (κ3) is 4.73. The first-order valence-corrected chi connectivity index (χ1v) is 8.33. The molecule has 0 aliphatic carbocycles. The van der Waals surface area contributed by atoms with Gasteiger partial charge in [-0.1, -0.05) is 48.5 Å². The van der Waals surface area contributed by atoms with Crippen molar-refractivity contribution in [1.82, 2.24) is 5.32 Å². The Balaban J connectivity index is 1.46. The van der Waals surface area contributed by atoms with Crippen LogP contribution in [0.4, 0.5) is 0 Å². The van der Waals surface area contributed by atoms with E-state index in [-0.39, 0.29) is 5.91 Å². The standard InChI is InChI=1S/C21H21NO3/c1-16(21(23)22-13-14-24-19-9-3-2-4-10-19)25-20-12-11-17-7-5-6-8-18(17)15-20/h2-12,15-16H,13-14H2,1H3,(H,22,23)/t16-/m1/s1. The van der Waals surface area contributed by atoms with Crippen LogP contribution in [0.3, 0.4) is 0 Å². The molecule has 0 unspecified atom stereocenters. The maximum atomic E-state index is 12.1. The van der Waals surface area contributed by atoms with E-state index in [0.717, 1.165) is 16.5 Å². The zero-order chi connectivity index (χ0) is 17.5. The largest absolute Gasteiger partial charge is 0.492 e. The lowest BCUT2D eigenvalue weighted by Gasteiger charge is -2.15. The van der Waals surface area contributed by atoms with Crippen molar-refractivity contribution in [2.75, 3.05) is 13.2 Å². The van der Waals surface area contributed by atoms with Crippen molar-refractivity contribution in [2.24, 2.45) is 0 Å². The molecule has 3 aromatic rings. The van der Waals surface area contributed by atoms with E-state index in [2.05, 4.69) is 5.32 Å². The Kier molecular flexibility index (Phi) is 5.52. The van der Waals surface area contributed by atoms with E-state index in [1.165, 1.54) is 0 Å². The lowest BCUT2D eigenvalue weighted by atomic mass is 10.1. The Bertz CT molecular complexity index is 833. The molecule has 0 saturated heterocycles. The fourth-order valence-corrected chi connectivity index (χ4v) is 2.50. The lowest BCUT2D eigenvalue weighted by Crippen LogP contribution is -2.38. The van der Waals surface area contributed by atoms with Gasteiger partial charge in [0.2, 0.25) is 0 Å². The Morgan fingerprint density at radius 3 is 2.44 bits per heavy atom. The third-order valence-electron chi connectivity index (χ3n) is 3.82. The SMILES string of the molecule is C[C@@H](Oc1ccc2ccccc2c1)C(=O)NCCOc1ccccc1. The first kappa shape index (κ1) is 16.8. The number of carbonyl (C=O) groups excluding carboxylic acids is 1. The quantitative estimate of drug-likeness (QED) is 0.668. The van der Waals surface area contributed by atoms with Crippen LogP contribution in [-0.4, -0.2) is 25.2 Å². The van der Waals surface area contributed by atoms with Crippen molar-refractivity contribution in [3.63, 3.8) is 0 Å². The number of nitrogens with one attached hydrogen (secondary N) is 1. The number of amides is 1. The summed E-state index contributed by atoms with van der Waals surface area (Å²) < 4.78 is 11.3. The van der Waals surface area contributed by atoms with Crippen LogP contribution in [0.25, 0.3) is 10.8 Å². The summed E-state index contributed by atoms with van der Waals surface area (Å²) in [5.41, 5.74) is 0. The summed E-state index contributed by atoms with van der Waals surface area (Å²) in [6.07, 6.45) is -0.571. The van der Waals surface area contributed by atoms with Crippen molar-refractivity contribution in [2.45, 2.75) is 13.0 Å². The van der Waals surface area contributed by atoms with E-state index in [9.17, 15) is 4.79 Å². The normalized spacial score (nSPS) is 11.7. The van der Waals surface area contributed by atoms with Crippen LogP contribution in [0.1, 0.15) is 6.92 Å². The molecule has 0 saturated carbocycles. The molecule has 25 heavy (non-hydrogen) atoms. The van der Waals surface area contributed by atoms with Crippen molar-refractivity contribution < 1.29 is 14.3 Å². The van der Waals surface area contributed by atoms with Crippen molar-refractivity contribution in [3.8, 4) is 11.5 Å². The maximum absolute atomic E-state index is 12.1. The molecule has 0 bridgehead atoms. The van der Waals surface area contributed by atoms with Crippen LogP contribution >= 0.6 is 0 Å². The first-order chi connectivity index (χ1) is 12.2. The van der Waals surface area contributed by atoms with Crippen molar-refractivity contribution >= 4 is 16.7 Å². The van der Waals surface area contributed by atoms with Gasteiger partial charge in [-0.15, -0.1) is 0 Å². The van der Waals surface area contributed by atoms with Crippen LogP contribution in [0.15, 0.2) is 72.8 Å². The molecular formula is C21H21NO3. The molecule has 3 aromatic carbocycles. The molecule has 0 radical (unpaired) electrons. The predicted octanol–water partition coefficient (Wildman–Crippen LogP) is 3.80. The molecule has 128 valence electrons. The summed E-state index contributed by atoms with van der Waals surface area (Å²) in [5.74, 6) is 1.31. The van der Waals surface area contributed by atoms with Gasteiger partial charge in [0.15, 0.2) is 6.10 Å². The number of hydrogen-bond acceptors (Lipinski definition) is 3. The fourth-order valence-electron chi connectivity index (χ4n) is 2.50. The van der Waals surface area contributed by atoms with Gasteiger partial charge >= 0.3 is 0 Å². The molecular weight excluding hydrogens is 314 g/mol. The first-order valence-electron chi connectivity index (χ1n) is 8.33. The summed E-state index contributed by atoms with van der Waals surface area (Å²) in [6, 6.07) is 23.4. The van der Waals surface area contributed by atoms with E-state index in [4.69, 9.17) is 9.47 Å². The average Bonchev–Trinajstić information content (AvgIpc) is 2.65. The lowest BCUT2D eigenvalue weighted by molar-refractivity contribution is -0.127. The van der Waals surface area contributed by atoms with Crippen LogP contribution < -0.4 is 14.8 Å². The number of rotatable bonds is 7. The van der Waals surface area contributed by atoms with Crippen LogP contribution in [-0.2, 0) is 4.79 Å². The molecule has 4 nitrogen and oxygen atoms in total. The van der Waals surface area contributed by atoms with Gasteiger partial charge in [0.1, 0.15) is 18.1 Å². The van der Waals surface area contributed by atoms with Gasteiger partial charge in [0.25, 0.3) is 5.91 Å². The number of ether oxygens (including phenoxy) is 2. The highest BCUT2D eigenvalue weighted by atomic mass is 16.5. The van der Waals surface area contributed by atoms with E-state index >= 15 is 0 Å². The number of benzene rings is 3. The van der Waals surface area contributed by atoms with E-state index in [1.807, 2.05) is 72.8 Å². The summed E-state index contributed by atoms with van der Waals surface area (Å²) in [7, 11) is 0. The van der Waals surface area contributed by atoms with Crippen molar-refractivity contribution in [1.29, 1.82) is 0 Å². The molecule has 1 N–H and O–H groups in total. The van der Waals surface area contributed by atoms with Gasteiger partial charge in [-0.3, -0.25) is 4.79 Å². The minimum absolute atomic E-state index is 0.162. The Morgan fingerprint density at radius 2 is 1.64 bits per heavy atom. The third-order valence-corrected chi connectivity index (χ3v) is 3.82. The minimum Gasteiger partial charge on any atom is -0.492 e. The van der Waals surface area contributed by atoms with E-state index in [1.54, 1.807) is 6.92 Å². The Labute approximate surface area is 147 Å². The number of hydrogen-bond donors (Lipinski definition) is 1. The fraction of sp³-hybridized carbons (Fsp3) is 0.190. The van der Waals surface area contributed by atoms with Gasteiger partial charge in [0.05, 0.1) is 6.54 Å². The van der Waals surface area contributed by atoms with Gasteiger partial charge in [0, 0.05) is 0 Å². The predicted molar refractivity (Wildman–Crippen MR) is 99.0 cm³/mol. The van der Waals surface area contributed by atoms with Crippen LogP contribution in [0.5, 0.6) is 11.5 Å². The molecule has 4 heteroatoms. The molecule has 1 amide bonds. The zero-order valence-corrected chi connectivity index (χ0v) is 14.1. The highest BCUT2D eigenvalue weighted by molar-refractivity contribution is 5.84. The van der Waals surface area contributed by atoms with Gasteiger partial charge in [-0.05, 0) is 42.0 Å². The monoisotopic (exact) mass is 335 g/mol. The van der Waals surface area contributed by atoms with Crippen molar-refractivity contribution in [3.05, 3.63) is 72.8 Å². The molecule has 0 aliphatic rings. The maximum Gasteiger partial charge on any atom is 0.260 e. The molecule has 0 spiro atoms. The average molecular weight is 335 g/mol. The number of para-hydroxylation sites is 1. The highest BCUT2D eigenvalue weighted by Crippen LogP contribution is 2.21. The topological polar surface area (TPSA) is 47.6 Å². The summed E-state index contributed by atoms with van der Waals surface area (Å²) in [4.78, 5) is 12.1. The number of carbonyl (C=O) groups is 1. The van der Waals surface area contributed by atoms with Crippen LogP contribution in [0.2, 0.25) is 0 Å². The van der Waals surface area contributed by atoms with E-state index in [0.29, 0.717) is 18.9 Å². The van der Waals surface area contributed by atoms with Gasteiger partial charge in [-0.25, -0.2) is 0 Å². The van der Waals surface area contributed by atoms with Gasteiger partial charge < -0.3 is 14.8 Å². The Hall–Kier alpha value is -3.01. The van der Waals surface area contributed by atoms with E-state index < -0.39 is 6.10 Å². The molecule has 3 rings (SSSR count). The second-order valence-corrected chi connectivity index (χ2v) is 5.72. The summed E-state index contributed by atoms with van der Waals surface area (Å²) >= 11 is 0. The molecule has 0 fully saturated rings. The molecule has 0 aromatic heterocycles. The summed E-state index contributed by atoms with van der Waals surface area (Å²) in [5, 5.41) is 5.05. The molecule has 1 atom stereocenters. The second-order valence-electron chi connectivity index (χ2n) is 5.72. The zero-order valence-electron chi connectivity index (χ0n) is 14.1. The van der Waals surface area contributed by atoms with Gasteiger partial charge in [-0.2, -0.15) is 0 Å². The highest BCUT2D eigenvalue weighted by Gasteiger charge is 2.14. The van der Waals surface area contributed by atoms with Crippen LogP contribution in [0, 0.1) is 0 Å². The minimum atomic E-state index is -0.571. The second kappa shape index (κ2) is 8.20. The molecule has 0 aliphatic heterocycles. The summed E-state index contributed by atoms with van der Waals surface area (Å²) in [6.45, 7) is 2.58. The Morgan fingerprint density at radius 1 is 0.920 bits per heavy atom. The molecule has 0 heterocycles. The smallest absolute Gasteiger partial charge is 0.260 e.